The van der Waals surface area contributed by atoms with Crippen LogP contribution in [0, 0.1) is 11.3 Å². The van der Waals surface area contributed by atoms with Gasteiger partial charge in [0.1, 0.15) is 0 Å². The molecule has 0 aromatic rings. The second-order valence-electron chi connectivity index (χ2n) is 7.29. The highest BCUT2D eigenvalue weighted by molar-refractivity contribution is 5.76. The number of carbonyl (C=O) groups is 1. The summed E-state index contributed by atoms with van der Waals surface area (Å²) in [6.45, 7) is 9.63. The Labute approximate surface area is 129 Å². The summed E-state index contributed by atoms with van der Waals surface area (Å²) < 4.78 is 5.93. The van der Waals surface area contributed by atoms with Gasteiger partial charge in [-0.15, -0.1) is 0 Å². The molecule has 122 valence electrons. The molecular weight excluding hydrogens is 264 g/mol. The van der Waals surface area contributed by atoms with Crippen LogP contribution in [-0.4, -0.2) is 37.7 Å². The van der Waals surface area contributed by atoms with E-state index in [1.807, 2.05) is 0 Å². The fourth-order valence-electron chi connectivity index (χ4n) is 3.35. The summed E-state index contributed by atoms with van der Waals surface area (Å²) in [5.41, 5.74) is 0.0678. The lowest BCUT2D eigenvalue weighted by molar-refractivity contribution is -0.138. The van der Waals surface area contributed by atoms with Crippen molar-refractivity contribution in [3.05, 3.63) is 0 Å². The highest BCUT2D eigenvalue weighted by Gasteiger charge is 2.49. The number of hydrogen-bond acceptors (Lipinski definition) is 3. The molecule has 21 heavy (non-hydrogen) atoms. The van der Waals surface area contributed by atoms with Gasteiger partial charge in [0.25, 0.3) is 0 Å². The minimum Gasteiger partial charge on any atom is -0.378 e. The first-order valence-electron chi connectivity index (χ1n) is 8.65. The van der Waals surface area contributed by atoms with Gasteiger partial charge in [0.05, 0.1) is 6.10 Å². The molecule has 0 aromatic heterocycles. The summed E-state index contributed by atoms with van der Waals surface area (Å²) >= 11 is 0. The monoisotopic (exact) mass is 296 g/mol. The van der Waals surface area contributed by atoms with Crippen LogP contribution < -0.4 is 10.6 Å². The maximum atomic E-state index is 12.1. The third kappa shape index (κ3) is 4.43. The Balaban J connectivity index is 1.65. The van der Waals surface area contributed by atoms with Crippen LogP contribution in [-0.2, 0) is 9.53 Å². The first kappa shape index (κ1) is 16.8. The zero-order chi connectivity index (χ0) is 15.3. The van der Waals surface area contributed by atoms with Crippen molar-refractivity contribution < 1.29 is 9.53 Å². The van der Waals surface area contributed by atoms with Gasteiger partial charge in [0.2, 0.25) is 5.91 Å². The van der Waals surface area contributed by atoms with E-state index in [2.05, 4.69) is 31.4 Å². The van der Waals surface area contributed by atoms with E-state index in [0.29, 0.717) is 18.4 Å². The van der Waals surface area contributed by atoms with E-state index >= 15 is 0 Å². The van der Waals surface area contributed by atoms with Crippen LogP contribution in [0.1, 0.15) is 59.3 Å². The SMILES string of the molecule is CCCCOC1CC(NC(=O)CCC2CCNC2)C1(C)C. The van der Waals surface area contributed by atoms with Crippen LogP contribution >= 0.6 is 0 Å². The highest BCUT2D eigenvalue weighted by Crippen LogP contribution is 2.42. The molecule has 0 bridgehead atoms. The first-order chi connectivity index (χ1) is 10.0. The van der Waals surface area contributed by atoms with Crippen LogP contribution in [0.25, 0.3) is 0 Å². The van der Waals surface area contributed by atoms with E-state index in [4.69, 9.17) is 4.74 Å². The molecular formula is C17H32N2O2. The van der Waals surface area contributed by atoms with Gasteiger partial charge in [-0.05, 0) is 44.7 Å². The fourth-order valence-corrected chi connectivity index (χ4v) is 3.35. The molecule has 4 heteroatoms. The lowest BCUT2D eigenvalue weighted by Gasteiger charge is -2.51. The minimum absolute atomic E-state index is 0.0678. The lowest BCUT2D eigenvalue weighted by Crippen LogP contribution is -2.62. The molecule has 1 aliphatic carbocycles. The van der Waals surface area contributed by atoms with E-state index in [0.717, 1.165) is 39.0 Å². The molecule has 1 saturated heterocycles. The molecule has 2 rings (SSSR count). The highest BCUT2D eigenvalue weighted by atomic mass is 16.5. The number of rotatable bonds is 8. The van der Waals surface area contributed by atoms with Crippen LogP contribution in [0.5, 0.6) is 0 Å². The molecule has 1 amide bonds. The molecule has 1 heterocycles. The molecule has 0 radical (unpaired) electrons. The van der Waals surface area contributed by atoms with Crippen LogP contribution in [0.4, 0.5) is 0 Å². The molecule has 0 spiro atoms. The first-order valence-corrected chi connectivity index (χ1v) is 8.65. The van der Waals surface area contributed by atoms with Gasteiger partial charge in [0, 0.05) is 24.5 Å². The van der Waals surface area contributed by atoms with Crippen molar-refractivity contribution in [2.45, 2.75) is 71.4 Å². The van der Waals surface area contributed by atoms with Crippen molar-refractivity contribution in [3.63, 3.8) is 0 Å². The number of amides is 1. The van der Waals surface area contributed by atoms with E-state index in [1.165, 1.54) is 12.8 Å². The van der Waals surface area contributed by atoms with Gasteiger partial charge < -0.3 is 15.4 Å². The van der Waals surface area contributed by atoms with Gasteiger partial charge >= 0.3 is 0 Å². The van der Waals surface area contributed by atoms with Crippen molar-refractivity contribution in [1.82, 2.24) is 10.6 Å². The molecule has 1 saturated carbocycles. The summed E-state index contributed by atoms with van der Waals surface area (Å²) in [5, 5.41) is 6.57. The van der Waals surface area contributed by atoms with Gasteiger partial charge in [-0.3, -0.25) is 4.79 Å². The van der Waals surface area contributed by atoms with Crippen LogP contribution in [0.3, 0.4) is 0 Å². The summed E-state index contributed by atoms with van der Waals surface area (Å²) in [6, 6.07) is 0.276. The summed E-state index contributed by atoms with van der Waals surface area (Å²) in [7, 11) is 0. The van der Waals surface area contributed by atoms with Gasteiger partial charge in [-0.2, -0.15) is 0 Å². The van der Waals surface area contributed by atoms with Crippen molar-refractivity contribution >= 4 is 5.91 Å². The molecule has 2 fully saturated rings. The smallest absolute Gasteiger partial charge is 0.220 e. The van der Waals surface area contributed by atoms with Gasteiger partial charge in [0.15, 0.2) is 0 Å². The largest absolute Gasteiger partial charge is 0.378 e. The normalized spacial score (nSPS) is 30.9. The number of carbonyl (C=O) groups excluding carboxylic acids is 1. The molecule has 2 aliphatic rings. The minimum atomic E-state index is 0.0678. The van der Waals surface area contributed by atoms with Crippen molar-refractivity contribution in [3.8, 4) is 0 Å². The van der Waals surface area contributed by atoms with E-state index in [1.54, 1.807) is 0 Å². The van der Waals surface area contributed by atoms with Crippen LogP contribution in [0.2, 0.25) is 0 Å². The number of unbranched alkanes of at least 4 members (excludes halogenated alkanes) is 1. The molecule has 3 unspecified atom stereocenters. The van der Waals surface area contributed by atoms with Crippen molar-refractivity contribution in [2.75, 3.05) is 19.7 Å². The van der Waals surface area contributed by atoms with Crippen molar-refractivity contribution in [2.24, 2.45) is 11.3 Å². The third-order valence-corrected chi connectivity index (χ3v) is 5.27. The lowest BCUT2D eigenvalue weighted by atomic mass is 9.64. The molecule has 0 aromatic carbocycles. The standard InChI is InChI=1S/C17H32N2O2/c1-4-5-10-21-15-11-14(17(15,2)3)19-16(20)7-6-13-8-9-18-12-13/h13-15,18H,4-12H2,1-3H3,(H,19,20). The third-order valence-electron chi connectivity index (χ3n) is 5.27. The second kappa shape index (κ2) is 7.59. The average Bonchev–Trinajstić information content (AvgIpc) is 2.96. The zero-order valence-corrected chi connectivity index (χ0v) is 13.9. The Morgan fingerprint density at radius 3 is 2.86 bits per heavy atom. The Morgan fingerprint density at radius 2 is 2.24 bits per heavy atom. The molecule has 2 N–H and O–H groups in total. The van der Waals surface area contributed by atoms with E-state index in [-0.39, 0.29) is 17.4 Å². The quantitative estimate of drug-likeness (QED) is 0.677. The number of nitrogens with one attached hydrogen (secondary N) is 2. The van der Waals surface area contributed by atoms with E-state index < -0.39 is 0 Å². The summed E-state index contributed by atoms with van der Waals surface area (Å²) in [4.78, 5) is 12.1. The maximum absolute atomic E-state index is 12.1. The predicted molar refractivity (Wildman–Crippen MR) is 85.2 cm³/mol. The maximum Gasteiger partial charge on any atom is 0.220 e. The zero-order valence-electron chi connectivity index (χ0n) is 13.9. The topological polar surface area (TPSA) is 50.4 Å². The summed E-state index contributed by atoms with van der Waals surface area (Å²) in [6.07, 6.45) is 6.46. The Morgan fingerprint density at radius 1 is 1.43 bits per heavy atom. The average molecular weight is 296 g/mol. The number of hydrogen-bond donors (Lipinski definition) is 2. The Hall–Kier alpha value is -0.610. The van der Waals surface area contributed by atoms with Gasteiger partial charge in [-0.25, -0.2) is 0 Å². The molecule has 3 atom stereocenters. The van der Waals surface area contributed by atoms with Crippen molar-refractivity contribution in [1.29, 1.82) is 0 Å². The number of ether oxygens (including phenoxy) is 1. The molecule has 1 aliphatic heterocycles. The molecule has 4 nitrogen and oxygen atoms in total. The fraction of sp³-hybridized carbons (Fsp3) is 0.941. The Kier molecular flexibility index (Phi) is 6.06. The van der Waals surface area contributed by atoms with E-state index in [9.17, 15) is 4.79 Å². The van der Waals surface area contributed by atoms with Crippen LogP contribution in [0.15, 0.2) is 0 Å². The predicted octanol–water partition coefficient (Wildman–Crippen LogP) is 2.48. The Bertz CT molecular complexity index is 338. The van der Waals surface area contributed by atoms with Gasteiger partial charge in [-0.1, -0.05) is 27.2 Å². The summed E-state index contributed by atoms with van der Waals surface area (Å²) in [5.74, 6) is 0.905. The second-order valence-corrected chi connectivity index (χ2v) is 7.29.